The number of aromatic amines is 1. The van der Waals surface area contributed by atoms with Gasteiger partial charge in [0.1, 0.15) is 11.3 Å². The number of likely N-dealkylation sites (tertiary alicyclic amines) is 1. The number of H-pyrrole nitrogens is 1. The molecule has 3 aromatic rings. The molecule has 1 aromatic carbocycles. The number of likely N-dealkylation sites (N-methyl/N-ethyl adjacent to an activating group) is 1. The number of hydrogen-bond acceptors (Lipinski definition) is 6. The molecule has 0 bridgehead atoms. The van der Waals surface area contributed by atoms with E-state index in [1.165, 1.54) is 6.07 Å². The summed E-state index contributed by atoms with van der Waals surface area (Å²) in [5.41, 5.74) is 1.16. The fraction of sp³-hybridized carbons (Fsp3) is 0.471. The minimum absolute atomic E-state index is 0.283. The third kappa shape index (κ3) is 3.40. The number of rotatable bonds is 5. The van der Waals surface area contributed by atoms with Crippen molar-refractivity contribution < 1.29 is 8.91 Å². The zero-order valence-electron chi connectivity index (χ0n) is 14.4. The first-order chi connectivity index (χ1) is 12.1. The Morgan fingerprint density at radius 3 is 3.04 bits per heavy atom. The first-order valence-electron chi connectivity index (χ1n) is 8.43. The highest BCUT2D eigenvalue weighted by Crippen LogP contribution is 2.20. The molecular formula is C17H21FN6O. The van der Waals surface area contributed by atoms with Crippen molar-refractivity contribution in [2.75, 3.05) is 20.1 Å². The van der Waals surface area contributed by atoms with Gasteiger partial charge < -0.3 is 9.51 Å². The summed E-state index contributed by atoms with van der Waals surface area (Å²) in [7, 11) is 2.08. The SMILES string of the molecule is Cc1nc(CN(C)C2CCN(Cc3nc4c(F)cccc4[nH]3)C2)no1. The van der Waals surface area contributed by atoms with E-state index in [1.54, 1.807) is 13.0 Å². The van der Waals surface area contributed by atoms with Crippen LogP contribution >= 0.6 is 0 Å². The zero-order valence-corrected chi connectivity index (χ0v) is 14.4. The van der Waals surface area contributed by atoms with Gasteiger partial charge >= 0.3 is 0 Å². The zero-order chi connectivity index (χ0) is 17.4. The predicted molar refractivity (Wildman–Crippen MR) is 90.2 cm³/mol. The summed E-state index contributed by atoms with van der Waals surface area (Å²) in [6.07, 6.45) is 1.07. The molecule has 132 valence electrons. The maximum absolute atomic E-state index is 13.8. The van der Waals surface area contributed by atoms with Crippen molar-refractivity contribution in [3.05, 3.63) is 41.6 Å². The number of aromatic nitrogens is 4. The molecule has 0 aliphatic carbocycles. The highest BCUT2D eigenvalue weighted by Gasteiger charge is 2.27. The molecule has 1 aliphatic rings. The van der Waals surface area contributed by atoms with E-state index >= 15 is 0 Å². The predicted octanol–water partition coefficient (Wildman–Crippen LogP) is 2.10. The molecule has 4 rings (SSSR count). The van der Waals surface area contributed by atoms with E-state index in [-0.39, 0.29) is 5.82 Å². The van der Waals surface area contributed by atoms with E-state index in [2.05, 4.69) is 37.0 Å². The van der Waals surface area contributed by atoms with E-state index in [0.29, 0.717) is 36.4 Å². The summed E-state index contributed by atoms with van der Waals surface area (Å²) in [6, 6.07) is 5.41. The van der Waals surface area contributed by atoms with Crippen LogP contribution in [0.4, 0.5) is 4.39 Å². The number of benzene rings is 1. The topological polar surface area (TPSA) is 74.1 Å². The lowest BCUT2D eigenvalue weighted by Gasteiger charge is -2.23. The third-order valence-corrected chi connectivity index (χ3v) is 4.72. The number of fused-ring (bicyclic) bond motifs is 1. The summed E-state index contributed by atoms with van der Waals surface area (Å²) < 4.78 is 18.8. The molecule has 0 radical (unpaired) electrons. The second-order valence-electron chi connectivity index (χ2n) is 6.64. The number of hydrogen-bond donors (Lipinski definition) is 1. The summed E-state index contributed by atoms with van der Waals surface area (Å²) >= 11 is 0. The van der Waals surface area contributed by atoms with Gasteiger partial charge in [-0.3, -0.25) is 9.80 Å². The molecule has 1 unspecified atom stereocenters. The monoisotopic (exact) mass is 344 g/mol. The Morgan fingerprint density at radius 2 is 2.28 bits per heavy atom. The van der Waals surface area contributed by atoms with Crippen molar-refractivity contribution in [2.24, 2.45) is 0 Å². The molecule has 1 aliphatic heterocycles. The van der Waals surface area contributed by atoms with Crippen LogP contribution in [-0.2, 0) is 13.1 Å². The second-order valence-corrected chi connectivity index (χ2v) is 6.64. The van der Waals surface area contributed by atoms with Crippen LogP contribution in [0.1, 0.15) is 24.0 Å². The molecule has 8 heteroatoms. The maximum atomic E-state index is 13.8. The molecular weight excluding hydrogens is 323 g/mol. The van der Waals surface area contributed by atoms with Crippen molar-refractivity contribution in [1.29, 1.82) is 0 Å². The van der Waals surface area contributed by atoms with Crippen LogP contribution in [0, 0.1) is 12.7 Å². The Labute approximate surface area is 144 Å². The van der Waals surface area contributed by atoms with Gasteiger partial charge in [0.2, 0.25) is 5.89 Å². The van der Waals surface area contributed by atoms with Crippen molar-refractivity contribution in [3.63, 3.8) is 0 Å². The summed E-state index contributed by atoms with van der Waals surface area (Å²) in [6.45, 7) is 5.09. The minimum atomic E-state index is -0.283. The van der Waals surface area contributed by atoms with E-state index in [9.17, 15) is 4.39 Å². The van der Waals surface area contributed by atoms with E-state index in [0.717, 1.165) is 30.9 Å². The van der Waals surface area contributed by atoms with Gasteiger partial charge in [-0.1, -0.05) is 11.2 Å². The van der Waals surface area contributed by atoms with Crippen LogP contribution in [-0.4, -0.2) is 56.1 Å². The summed E-state index contributed by atoms with van der Waals surface area (Å²) in [5.74, 6) is 1.83. The molecule has 25 heavy (non-hydrogen) atoms. The van der Waals surface area contributed by atoms with Crippen LogP contribution < -0.4 is 0 Å². The highest BCUT2D eigenvalue weighted by molar-refractivity contribution is 5.75. The van der Waals surface area contributed by atoms with Gasteiger partial charge in [0.05, 0.1) is 18.6 Å². The minimum Gasteiger partial charge on any atom is -0.341 e. The molecule has 3 heterocycles. The number of halogens is 1. The van der Waals surface area contributed by atoms with Gasteiger partial charge in [-0.2, -0.15) is 4.98 Å². The van der Waals surface area contributed by atoms with Crippen LogP contribution in [0.25, 0.3) is 11.0 Å². The van der Waals surface area contributed by atoms with Crippen LogP contribution in [0.2, 0.25) is 0 Å². The smallest absolute Gasteiger partial charge is 0.223 e. The van der Waals surface area contributed by atoms with Crippen LogP contribution in [0.5, 0.6) is 0 Å². The molecule has 0 spiro atoms. The molecule has 1 N–H and O–H groups in total. The van der Waals surface area contributed by atoms with Crippen molar-refractivity contribution in [1.82, 2.24) is 29.9 Å². The van der Waals surface area contributed by atoms with E-state index in [1.807, 2.05) is 6.07 Å². The Kier molecular flexibility index (Phi) is 4.22. The quantitative estimate of drug-likeness (QED) is 0.764. The Morgan fingerprint density at radius 1 is 1.40 bits per heavy atom. The Hall–Kier alpha value is -2.32. The number of aryl methyl sites for hydroxylation is 1. The molecule has 2 aromatic heterocycles. The number of para-hydroxylation sites is 1. The van der Waals surface area contributed by atoms with Gasteiger partial charge in [-0.25, -0.2) is 9.37 Å². The van der Waals surface area contributed by atoms with Gasteiger partial charge in [-0.05, 0) is 25.6 Å². The average molecular weight is 344 g/mol. The molecule has 1 atom stereocenters. The highest BCUT2D eigenvalue weighted by atomic mass is 19.1. The molecule has 7 nitrogen and oxygen atoms in total. The van der Waals surface area contributed by atoms with Gasteiger partial charge in [0, 0.05) is 26.1 Å². The van der Waals surface area contributed by atoms with Crippen LogP contribution in [0.15, 0.2) is 22.7 Å². The number of imidazole rings is 1. The fourth-order valence-corrected chi connectivity index (χ4v) is 3.41. The lowest BCUT2D eigenvalue weighted by Crippen LogP contribution is -2.34. The summed E-state index contributed by atoms with van der Waals surface area (Å²) in [5, 5.41) is 3.95. The van der Waals surface area contributed by atoms with E-state index < -0.39 is 0 Å². The lowest BCUT2D eigenvalue weighted by atomic mass is 10.2. The molecule has 0 saturated carbocycles. The standard InChI is InChI=1S/C17H21FN6O/c1-11-19-16(22-25-11)9-23(2)12-6-7-24(8-12)10-15-20-14-5-3-4-13(18)17(14)21-15/h3-5,12H,6-10H2,1-2H3,(H,20,21). The van der Waals surface area contributed by atoms with Gasteiger partial charge in [-0.15, -0.1) is 0 Å². The molecule has 1 fully saturated rings. The Balaban J connectivity index is 1.37. The van der Waals surface area contributed by atoms with Crippen molar-refractivity contribution >= 4 is 11.0 Å². The average Bonchev–Trinajstić information content (AvgIpc) is 3.28. The first kappa shape index (κ1) is 16.2. The number of nitrogens with zero attached hydrogens (tertiary/aromatic N) is 5. The lowest BCUT2D eigenvalue weighted by molar-refractivity contribution is 0.215. The molecule has 1 saturated heterocycles. The first-order valence-corrected chi connectivity index (χ1v) is 8.43. The molecule has 0 amide bonds. The van der Waals surface area contributed by atoms with Gasteiger partial charge in [0.15, 0.2) is 11.6 Å². The fourth-order valence-electron chi connectivity index (χ4n) is 3.41. The summed E-state index contributed by atoms with van der Waals surface area (Å²) in [4.78, 5) is 16.5. The number of nitrogens with one attached hydrogen (secondary N) is 1. The van der Waals surface area contributed by atoms with Crippen molar-refractivity contribution in [2.45, 2.75) is 32.5 Å². The van der Waals surface area contributed by atoms with E-state index in [4.69, 9.17) is 4.52 Å². The Bertz CT molecular complexity index is 875. The normalized spacial score (nSPS) is 18.6. The maximum Gasteiger partial charge on any atom is 0.223 e. The largest absolute Gasteiger partial charge is 0.341 e. The third-order valence-electron chi connectivity index (χ3n) is 4.72. The second kappa shape index (κ2) is 6.53. The van der Waals surface area contributed by atoms with Gasteiger partial charge in [0.25, 0.3) is 0 Å². The van der Waals surface area contributed by atoms with Crippen LogP contribution in [0.3, 0.4) is 0 Å². The van der Waals surface area contributed by atoms with Crippen molar-refractivity contribution in [3.8, 4) is 0 Å².